The number of nitrogens with zero attached hydrogens (tertiary/aromatic N) is 1. The first kappa shape index (κ1) is 7.17. The normalized spacial score (nSPS) is 12.9. The van der Waals surface area contributed by atoms with Gasteiger partial charge < -0.3 is 10.3 Å². The van der Waals surface area contributed by atoms with Crippen LogP contribution in [-0.4, -0.2) is 13.7 Å². The highest BCUT2D eigenvalue weighted by Crippen LogP contribution is 2.05. The molecule has 0 aliphatic carbocycles. The zero-order chi connectivity index (χ0) is 7.56. The Kier molecular flexibility index (Phi) is 1.98. The third kappa shape index (κ3) is 1.52. The minimum atomic E-state index is -1.96. The van der Waals surface area contributed by atoms with E-state index in [1.54, 1.807) is 0 Å². The topological polar surface area (TPSA) is 76.2 Å². The molecular weight excluding hydrogens is 152 g/mol. The molecule has 54 valence electrons. The molecule has 0 aromatic carbocycles. The van der Waals surface area contributed by atoms with Crippen LogP contribution in [0.25, 0.3) is 0 Å². The lowest BCUT2D eigenvalue weighted by molar-refractivity contribution is 0.564. The summed E-state index contributed by atoms with van der Waals surface area (Å²) < 4.78 is 18.9. The summed E-state index contributed by atoms with van der Waals surface area (Å²) in [6.45, 7) is 0. The molecule has 0 saturated heterocycles. The largest absolute Gasteiger partial charge is 0.384 e. The Bertz CT molecular complexity index is 264. The molecule has 0 saturated carbocycles. The standard InChI is InChI=1S/C5H6N2O2S/c6-5-3-4(10(8)9)1-2-7-5/h1-3H,(H2,6,7)(H,8,9). The van der Waals surface area contributed by atoms with E-state index in [9.17, 15) is 4.21 Å². The lowest BCUT2D eigenvalue weighted by atomic mass is 10.5. The predicted octanol–water partition coefficient (Wildman–Crippen LogP) is 0.244. The van der Waals surface area contributed by atoms with Crippen molar-refractivity contribution in [1.29, 1.82) is 0 Å². The molecule has 1 atom stereocenters. The van der Waals surface area contributed by atoms with Gasteiger partial charge >= 0.3 is 0 Å². The van der Waals surface area contributed by atoms with E-state index in [4.69, 9.17) is 10.3 Å². The zero-order valence-electron chi connectivity index (χ0n) is 5.02. The van der Waals surface area contributed by atoms with Gasteiger partial charge in [0.1, 0.15) is 5.82 Å². The molecule has 0 spiro atoms. The number of hydrogen-bond acceptors (Lipinski definition) is 3. The molecule has 1 heterocycles. The lowest BCUT2D eigenvalue weighted by Gasteiger charge is -1.93. The van der Waals surface area contributed by atoms with Crippen LogP contribution in [0.2, 0.25) is 0 Å². The number of pyridine rings is 1. The van der Waals surface area contributed by atoms with E-state index in [0.717, 1.165) is 0 Å². The Balaban J connectivity index is 3.07. The number of aromatic nitrogens is 1. The average Bonchev–Trinajstić information content (AvgIpc) is 1.88. The highest BCUT2D eigenvalue weighted by Gasteiger charge is 1.97. The van der Waals surface area contributed by atoms with Crippen molar-refractivity contribution in [2.24, 2.45) is 0 Å². The van der Waals surface area contributed by atoms with Crippen LogP contribution >= 0.6 is 0 Å². The highest BCUT2D eigenvalue weighted by atomic mass is 32.2. The van der Waals surface area contributed by atoms with Crippen molar-refractivity contribution in [2.75, 3.05) is 5.73 Å². The monoisotopic (exact) mass is 158 g/mol. The van der Waals surface area contributed by atoms with E-state index in [-0.39, 0.29) is 10.7 Å². The summed E-state index contributed by atoms with van der Waals surface area (Å²) in [5, 5.41) is 0. The van der Waals surface area contributed by atoms with Crippen molar-refractivity contribution in [2.45, 2.75) is 4.90 Å². The van der Waals surface area contributed by atoms with E-state index >= 15 is 0 Å². The quantitative estimate of drug-likeness (QED) is 0.574. The predicted molar refractivity (Wildman–Crippen MR) is 37.7 cm³/mol. The molecule has 0 fully saturated rings. The highest BCUT2D eigenvalue weighted by molar-refractivity contribution is 7.79. The van der Waals surface area contributed by atoms with E-state index < -0.39 is 11.1 Å². The fraction of sp³-hybridized carbons (Fsp3) is 0. The first-order valence-electron chi connectivity index (χ1n) is 2.52. The molecule has 4 nitrogen and oxygen atoms in total. The summed E-state index contributed by atoms with van der Waals surface area (Å²) in [4.78, 5) is 3.93. The summed E-state index contributed by atoms with van der Waals surface area (Å²) >= 11 is -1.96. The summed E-state index contributed by atoms with van der Waals surface area (Å²) in [6, 6.07) is 2.79. The Morgan fingerprint density at radius 1 is 1.70 bits per heavy atom. The summed E-state index contributed by atoms with van der Waals surface area (Å²) in [6.07, 6.45) is 1.39. The minimum absolute atomic E-state index is 0.250. The third-order valence-electron chi connectivity index (χ3n) is 0.954. The van der Waals surface area contributed by atoms with Gasteiger partial charge in [0, 0.05) is 6.20 Å². The van der Waals surface area contributed by atoms with Crippen molar-refractivity contribution in [3.8, 4) is 0 Å². The molecule has 3 N–H and O–H groups in total. The molecule has 1 aromatic rings. The maximum absolute atomic E-state index is 10.4. The molecule has 1 rings (SSSR count). The van der Waals surface area contributed by atoms with Gasteiger partial charge in [0.2, 0.25) is 0 Å². The van der Waals surface area contributed by atoms with E-state index in [2.05, 4.69) is 4.98 Å². The molecular formula is C5H6N2O2S. The SMILES string of the molecule is Nc1cc(S(=O)O)ccn1. The van der Waals surface area contributed by atoms with Crippen LogP contribution in [-0.2, 0) is 11.1 Å². The maximum atomic E-state index is 10.4. The van der Waals surface area contributed by atoms with Crippen LogP contribution in [0.1, 0.15) is 0 Å². The van der Waals surface area contributed by atoms with Gasteiger partial charge in [0.25, 0.3) is 0 Å². The van der Waals surface area contributed by atoms with E-state index in [0.29, 0.717) is 0 Å². The number of nitrogens with two attached hydrogens (primary N) is 1. The minimum Gasteiger partial charge on any atom is -0.384 e. The van der Waals surface area contributed by atoms with Crippen LogP contribution in [0.15, 0.2) is 23.2 Å². The molecule has 0 aliphatic heterocycles. The van der Waals surface area contributed by atoms with Crippen molar-refractivity contribution in [3.05, 3.63) is 18.3 Å². The molecule has 10 heavy (non-hydrogen) atoms. The first-order chi connectivity index (χ1) is 4.70. The summed E-state index contributed by atoms with van der Waals surface area (Å²) in [5.74, 6) is 0.250. The second-order valence-electron chi connectivity index (χ2n) is 1.67. The Morgan fingerprint density at radius 2 is 2.40 bits per heavy atom. The van der Waals surface area contributed by atoms with Crippen LogP contribution in [0.5, 0.6) is 0 Å². The maximum Gasteiger partial charge on any atom is 0.186 e. The molecule has 1 aromatic heterocycles. The smallest absolute Gasteiger partial charge is 0.186 e. The lowest BCUT2D eigenvalue weighted by Crippen LogP contribution is -1.93. The first-order valence-corrected chi connectivity index (χ1v) is 3.63. The fourth-order valence-corrected chi connectivity index (χ4v) is 0.935. The van der Waals surface area contributed by atoms with Gasteiger partial charge in [0.05, 0.1) is 4.90 Å². The van der Waals surface area contributed by atoms with Gasteiger partial charge in [-0.15, -0.1) is 0 Å². The number of nitrogen functional groups attached to an aromatic ring is 1. The van der Waals surface area contributed by atoms with Crippen molar-refractivity contribution >= 4 is 16.9 Å². The van der Waals surface area contributed by atoms with E-state index in [1.807, 2.05) is 0 Å². The van der Waals surface area contributed by atoms with Gasteiger partial charge in [-0.1, -0.05) is 0 Å². The third-order valence-corrected chi connectivity index (χ3v) is 1.61. The fourth-order valence-electron chi connectivity index (χ4n) is 0.537. The molecule has 1 unspecified atom stereocenters. The van der Waals surface area contributed by atoms with Gasteiger partial charge in [0.15, 0.2) is 11.1 Å². The molecule has 0 aliphatic rings. The summed E-state index contributed by atoms with van der Waals surface area (Å²) in [7, 11) is 0. The van der Waals surface area contributed by atoms with Gasteiger partial charge in [-0.3, -0.25) is 0 Å². The molecule has 0 bridgehead atoms. The van der Waals surface area contributed by atoms with Gasteiger partial charge in [-0.25, -0.2) is 9.19 Å². The molecule has 0 amide bonds. The Morgan fingerprint density at radius 3 is 2.80 bits per heavy atom. The van der Waals surface area contributed by atoms with Crippen LogP contribution in [0, 0.1) is 0 Å². The van der Waals surface area contributed by atoms with Crippen molar-refractivity contribution in [3.63, 3.8) is 0 Å². The number of rotatable bonds is 1. The number of anilines is 1. The van der Waals surface area contributed by atoms with E-state index in [1.165, 1.54) is 18.3 Å². The van der Waals surface area contributed by atoms with Gasteiger partial charge in [-0.05, 0) is 12.1 Å². The van der Waals surface area contributed by atoms with Crippen LogP contribution in [0.3, 0.4) is 0 Å². The van der Waals surface area contributed by atoms with Crippen molar-refractivity contribution in [1.82, 2.24) is 4.98 Å². The Hall–Kier alpha value is -0.940. The second-order valence-corrected chi connectivity index (χ2v) is 2.64. The number of hydrogen-bond donors (Lipinski definition) is 2. The summed E-state index contributed by atoms with van der Waals surface area (Å²) in [5.41, 5.74) is 5.24. The molecule has 5 heteroatoms. The van der Waals surface area contributed by atoms with Crippen LogP contribution < -0.4 is 5.73 Å². The Labute approximate surface area is 60.4 Å². The van der Waals surface area contributed by atoms with Gasteiger partial charge in [-0.2, -0.15) is 0 Å². The second kappa shape index (κ2) is 2.76. The van der Waals surface area contributed by atoms with Crippen molar-refractivity contribution < 1.29 is 8.76 Å². The molecule has 0 radical (unpaired) electrons. The zero-order valence-corrected chi connectivity index (χ0v) is 5.84. The van der Waals surface area contributed by atoms with Crippen LogP contribution in [0.4, 0.5) is 5.82 Å². The average molecular weight is 158 g/mol.